The third-order valence-corrected chi connectivity index (χ3v) is 1.96. The van der Waals surface area contributed by atoms with Crippen LogP contribution in [0.3, 0.4) is 0 Å². The standard InChI is InChI=1S/C8H16N2O2/c1-6(5-9)10-8(11)7-3-2-4-12-7/h6-7H,2-5,9H2,1H3,(H,10,11)/t6-,7?/m0/s1. The molecular formula is C8H16N2O2. The number of amides is 1. The molecule has 0 aromatic rings. The molecule has 2 atom stereocenters. The van der Waals surface area contributed by atoms with Crippen LogP contribution in [0.25, 0.3) is 0 Å². The highest BCUT2D eigenvalue weighted by molar-refractivity contribution is 5.81. The van der Waals surface area contributed by atoms with Crippen LogP contribution in [-0.4, -0.2) is 31.2 Å². The van der Waals surface area contributed by atoms with Crippen molar-refractivity contribution in [3.63, 3.8) is 0 Å². The van der Waals surface area contributed by atoms with Crippen LogP contribution in [0.1, 0.15) is 19.8 Å². The summed E-state index contributed by atoms with van der Waals surface area (Å²) >= 11 is 0. The van der Waals surface area contributed by atoms with Gasteiger partial charge in [0.05, 0.1) is 0 Å². The molecule has 12 heavy (non-hydrogen) atoms. The number of rotatable bonds is 3. The highest BCUT2D eigenvalue weighted by Gasteiger charge is 2.23. The average molecular weight is 172 g/mol. The maximum atomic E-state index is 11.3. The van der Waals surface area contributed by atoms with E-state index in [0.717, 1.165) is 12.8 Å². The van der Waals surface area contributed by atoms with Gasteiger partial charge < -0.3 is 15.8 Å². The van der Waals surface area contributed by atoms with E-state index in [-0.39, 0.29) is 18.1 Å². The lowest BCUT2D eigenvalue weighted by Crippen LogP contribution is -2.43. The molecule has 4 nitrogen and oxygen atoms in total. The van der Waals surface area contributed by atoms with Gasteiger partial charge in [-0.3, -0.25) is 4.79 Å². The minimum Gasteiger partial charge on any atom is -0.368 e. The molecule has 0 bridgehead atoms. The fourth-order valence-corrected chi connectivity index (χ4v) is 1.18. The van der Waals surface area contributed by atoms with E-state index in [1.54, 1.807) is 0 Å². The van der Waals surface area contributed by atoms with E-state index in [9.17, 15) is 4.79 Å². The van der Waals surface area contributed by atoms with Crippen molar-refractivity contribution in [3.8, 4) is 0 Å². The highest BCUT2D eigenvalue weighted by atomic mass is 16.5. The molecule has 1 unspecified atom stereocenters. The van der Waals surface area contributed by atoms with Crippen molar-refractivity contribution in [3.05, 3.63) is 0 Å². The van der Waals surface area contributed by atoms with Gasteiger partial charge >= 0.3 is 0 Å². The molecule has 70 valence electrons. The van der Waals surface area contributed by atoms with Crippen LogP contribution in [-0.2, 0) is 9.53 Å². The van der Waals surface area contributed by atoms with Crippen LogP contribution in [0.15, 0.2) is 0 Å². The molecule has 1 heterocycles. The number of carbonyl (C=O) groups excluding carboxylic acids is 1. The first kappa shape index (κ1) is 9.48. The van der Waals surface area contributed by atoms with Gasteiger partial charge in [0.2, 0.25) is 5.91 Å². The Balaban J connectivity index is 2.27. The summed E-state index contributed by atoms with van der Waals surface area (Å²) in [7, 11) is 0. The van der Waals surface area contributed by atoms with E-state index in [0.29, 0.717) is 13.2 Å². The van der Waals surface area contributed by atoms with Crippen molar-refractivity contribution in [2.24, 2.45) is 5.73 Å². The zero-order valence-corrected chi connectivity index (χ0v) is 7.38. The van der Waals surface area contributed by atoms with Crippen molar-refractivity contribution in [1.82, 2.24) is 5.32 Å². The minimum atomic E-state index is -0.237. The van der Waals surface area contributed by atoms with E-state index in [4.69, 9.17) is 10.5 Å². The van der Waals surface area contributed by atoms with Gasteiger partial charge in [0.1, 0.15) is 6.10 Å². The van der Waals surface area contributed by atoms with Gasteiger partial charge in [-0.05, 0) is 19.8 Å². The van der Waals surface area contributed by atoms with Crippen molar-refractivity contribution >= 4 is 5.91 Å². The summed E-state index contributed by atoms with van der Waals surface area (Å²) in [6.45, 7) is 3.06. The van der Waals surface area contributed by atoms with Gasteiger partial charge in [0.25, 0.3) is 0 Å². The predicted octanol–water partition coefficient (Wildman–Crippen LogP) is -0.371. The molecule has 3 N–H and O–H groups in total. The molecule has 1 aliphatic rings. The van der Waals surface area contributed by atoms with Gasteiger partial charge in [-0.15, -0.1) is 0 Å². The second kappa shape index (κ2) is 4.42. The topological polar surface area (TPSA) is 64.3 Å². The Kier molecular flexibility index (Phi) is 3.49. The zero-order chi connectivity index (χ0) is 8.97. The SMILES string of the molecule is C[C@@H](CN)NC(=O)C1CCCO1. The molecule has 0 saturated carbocycles. The Morgan fingerprint density at radius 3 is 3.08 bits per heavy atom. The Bertz CT molecular complexity index is 155. The first-order chi connectivity index (χ1) is 5.74. The molecule has 0 aromatic heterocycles. The summed E-state index contributed by atoms with van der Waals surface area (Å²) in [6.07, 6.45) is 1.58. The van der Waals surface area contributed by atoms with E-state index in [1.165, 1.54) is 0 Å². The fourth-order valence-electron chi connectivity index (χ4n) is 1.18. The molecule has 0 aromatic carbocycles. The molecular weight excluding hydrogens is 156 g/mol. The molecule has 0 radical (unpaired) electrons. The van der Waals surface area contributed by atoms with Crippen molar-refractivity contribution in [2.75, 3.05) is 13.2 Å². The lowest BCUT2D eigenvalue weighted by Gasteiger charge is -2.14. The van der Waals surface area contributed by atoms with E-state index in [1.807, 2.05) is 6.92 Å². The van der Waals surface area contributed by atoms with Gasteiger partial charge in [0.15, 0.2) is 0 Å². The number of ether oxygens (including phenoxy) is 1. The molecule has 1 aliphatic heterocycles. The third kappa shape index (κ3) is 2.46. The van der Waals surface area contributed by atoms with Gasteiger partial charge in [-0.25, -0.2) is 0 Å². The molecule has 1 saturated heterocycles. The van der Waals surface area contributed by atoms with Crippen LogP contribution in [0.5, 0.6) is 0 Å². The number of nitrogens with one attached hydrogen (secondary N) is 1. The second-order valence-corrected chi connectivity index (χ2v) is 3.15. The van der Waals surface area contributed by atoms with Gasteiger partial charge in [-0.2, -0.15) is 0 Å². The molecule has 0 spiro atoms. The van der Waals surface area contributed by atoms with Crippen molar-refractivity contribution < 1.29 is 9.53 Å². The Morgan fingerprint density at radius 1 is 1.83 bits per heavy atom. The van der Waals surface area contributed by atoms with Crippen molar-refractivity contribution in [2.45, 2.75) is 31.9 Å². The van der Waals surface area contributed by atoms with E-state index < -0.39 is 0 Å². The number of carbonyl (C=O) groups is 1. The largest absolute Gasteiger partial charge is 0.368 e. The second-order valence-electron chi connectivity index (χ2n) is 3.15. The highest BCUT2D eigenvalue weighted by Crippen LogP contribution is 2.11. The van der Waals surface area contributed by atoms with Crippen LogP contribution >= 0.6 is 0 Å². The monoisotopic (exact) mass is 172 g/mol. The fraction of sp³-hybridized carbons (Fsp3) is 0.875. The Labute approximate surface area is 72.5 Å². The maximum absolute atomic E-state index is 11.3. The Hall–Kier alpha value is -0.610. The third-order valence-electron chi connectivity index (χ3n) is 1.96. The van der Waals surface area contributed by atoms with Crippen LogP contribution in [0.4, 0.5) is 0 Å². The quantitative estimate of drug-likeness (QED) is 0.610. The van der Waals surface area contributed by atoms with Crippen LogP contribution in [0.2, 0.25) is 0 Å². The molecule has 0 aliphatic carbocycles. The minimum absolute atomic E-state index is 0.0227. The summed E-state index contributed by atoms with van der Waals surface area (Å²) in [5.74, 6) is -0.0227. The molecule has 1 rings (SSSR count). The lowest BCUT2D eigenvalue weighted by atomic mass is 10.2. The normalized spacial score (nSPS) is 25.3. The maximum Gasteiger partial charge on any atom is 0.249 e. The number of nitrogens with two attached hydrogens (primary N) is 1. The van der Waals surface area contributed by atoms with E-state index >= 15 is 0 Å². The summed E-state index contributed by atoms with van der Waals surface area (Å²) in [5.41, 5.74) is 5.36. The summed E-state index contributed by atoms with van der Waals surface area (Å²) in [5, 5.41) is 2.78. The molecule has 4 heteroatoms. The Morgan fingerprint density at radius 2 is 2.58 bits per heavy atom. The van der Waals surface area contributed by atoms with Crippen LogP contribution < -0.4 is 11.1 Å². The summed E-state index contributed by atoms with van der Waals surface area (Å²) in [4.78, 5) is 11.3. The van der Waals surface area contributed by atoms with Gasteiger partial charge in [-0.1, -0.05) is 0 Å². The van der Waals surface area contributed by atoms with Crippen LogP contribution in [0, 0.1) is 0 Å². The zero-order valence-electron chi connectivity index (χ0n) is 7.38. The number of hydrogen-bond donors (Lipinski definition) is 2. The summed E-state index contributed by atoms with van der Waals surface area (Å²) < 4.78 is 5.21. The molecule has 1 fully saturated rings. The lowest BCUT2D eigenvalue weighted by molar-refractivity contribution is -0.130. The molecule has 1 amide bonds. The predicted molar refractivity (Wildman–Crippen MR) is 45.6 cm³/mol. The first-order valence-electron chi connectivity index (χ1n) is 4.36. The van der Waals surface area contributed by atoms with Gasteiger partial charge in [0, 0.05) is 19.2 Å². The number of hydrogen-bond acceptors (Lipinski definition) is 3. The average Bonchev–Trinajstić information content (AvgIpc) is 2.56. The summed E-state index contributed by atoms with van der Waals surface area (Å²) in [6, 6.07) is 0.0432. The first-order valence-corrected chi connectivity index (χ1v) is 4.36. The van der Waals surface area contributed by atoms with E-state index in [2.05, 4.69) is 5.32 Å². The smallest absolute Gasteiger partial charge is 0.249 e. The van der Waals surface area contributed by atoms with Crippen molar-refractivity contribution in [1.29, 1.82) is 0 Å².